The van der Waals surface area contributed by atoms with Crippen molar-refractivity contribution in [2.24, 2.45) is 5.92 Å². The van der Waals surface area contributed by atoms with E-state index in [0.29, 0.717) is 17.3 Å². The first-order valence-corrected chi connectivity index (χ1v) is 10.5. The molecule has 154 valence electrons. The fourth-order valence-corrected chi connectivity index (χ4v) is 2.52. The lowest BCUT2D eigenvalue weighted by atomic mass is 10.1. The lowest BCUT2D eigenvalue weighted by Crippen LogP contribution is -2.20. The molecule has 1 unspecified atom stereocenters. The van der Waals surface area contributed by atoms with Gasteiger partial charge < -0.3 is 10.1 Å². The summed E-state index contributed by atoms with van der Waals surface area (Å²) in [4.78, 5) is 21.6. The molecule has 0 aliphatic rings. The molecule has 6 nitrogen and oxygen atoms in total. The predicted octanol–water partition coefficient (Wildman–Crippen LogP) is 5.44. The minimum atomic E-state index is -0.318. The molecule has 1 heterocycles. The van der Waals surface area contributed by atoms with Gasteiger partial charge in [0.25, 0.3) is 6.47 Å². The van der Waals surface area contributed by atoms with Crippen molar-refractivity contribution >= 4 is 45.7 Å². The highest BCUT2D eigenvalue weighted by molar-refractivity contribution is 9.09. The minimum absolute atomic E-state index is 0.00209. The van der Waals surface area contributed by atoms with E-state index in [4.69, 9.17) is 11.6 Å². The Labute approximate surface area is 179 Å². The van der Waals surface area contributed by atoms with Crippen LogP contribution in [0.1, 0.15) is 40.5 Å². The number of anilines is 1. The number of hydrogen-bond donors (Lipinski definition) is 2. The number of alkyl halides is 1. The van der Waals surface area contributed by atoms with Gasteiger partial charge in [0.1, 0.15) is 11.4 Å². The van der Waals surface area contributed by atoms with E-state index in [1.165, 1.54) is 0 Å². The average Bonchev–Trinajstić information content (AvgIpc) is 3.08. The maximum Gasteiger partial charge on any atom is 0.293 e. The van der Waals surface area contributed by atoms with Gasteiger partial charge in [-0.25, -0.2) is 0 Å². The lowest BCUT2D eigenvalue weighted by molar-refractivity contribution is -0.138. The molecular formula is C20H27BrClN3O3. The molecule has 0 aliphatic heterocycles. The minimum Gasteiger partial charge on any atom is -0.462 e. The van der Waals surface area contributed by atoms with Crippen LogP contribution in [0.2, 0.25) is 5.02 Å². The fourth-order valence-electron chi connectivity index (χ4n) is 2.07. The van der Waals surface area contributed by atoms with E-state index in [2.05, 4.69) is 36.2 Å². The van der Waals surface area contributed by atoms with Crippen molar-refractivity contribution in [1.82, 2.24) is 10.2 Å². The highest BCUT2D eigenvalue weighted by Gasteiger charge is 2.14. The average molecular weight is 473 g/mol. The molecule has 0 radical (unpaired) electrons. The number of halogens is 2. The highest BCUT2D eigenvalue weighted by Crippen LogP contribution is 2.22. The number of aromatic amines is 1. The number of aromatic nitrogens is 2. The quantitative estimate of drug-likeness (QED) is 0.415. The van der Waals surface area contributed by atoms with E-state index in [1.807, 2.05) is 58.0 Å². The molecule has 1 amide bonds. The smallest absolute Gasteiger partial charge is 0.293 e. The Morgan fingerprint density at radius 1 is 1.36 bits per heavy atom. The number of hydrogen-bond acceptors (Lipinski definition) is 4. The summed E-state index contributed by atoms with van der Waals surface area (Å²) < 4.78 is 4.55. The maximum atomic E-state index is 12.0. The normalized spacial score (nSPS) is 11.8. The zero-order chi connectivity index (χ0) is 21.2. The van der Waals surface area contributed by atoms with Gasteiger partial charge in [0.15, 0.2) is 0 Å². The first kappa shape index (κ1) is 24.2. The van der Waals surface area contributed by atoms with Crippen LogP contribution < -0.4 is 5.32 Å². The van der Waals surface area contributed by atoms with E-state index < -0.39 is 0 Å². The number of nitrogens with zero attached hydrogens (tertiary/aromatic N) is 1. The summed E-state index contributed by atoms with van der Waals surface area (Å²) in [5, 5.41) is 11.5. The van der Waals surface area contributed by atoms with E-state index in [0.717, 1.165) is 29.4 Å². The van der Waals surface area contributed by atoms with Crippen LogP contribution in [0.4, 0.5) is 5.82 Å². The van der Waals surface area contributed by atoms with Gasteiger partial charge in [-0.3, -0.25) is 14.7 Å². The Hall–Kier alpha value is -1.86. The number of carbonyl (C=O) groups excluding carboxylic acids is 2. The number of H-pyrrole nitrogens is 1. The summed E-state index contributed by atoms with van der Waals surface area (Å²) in [5.74, 6) is 0.586. The molecule has 1 aromatic carbocycles. The van der Waals surface area contributed by atoms with E-state index >= 15 is 0 Å². The first-order chi connectivity index (χ1) is 13.2. The number of nitrogens with one attached hydrogen (secondary N) is 2. The van der Waals surface area contributed by atoms with Crippen molar-refractivity contribution in [2.45, 2.75) is 46.1 Å². The van der Waals surface area contributed by atoms with E-state index in [1.54, 1.807) is 0 Å². The molecule has 0 saturated heterocycles. The van der Waals surface area contributed by atoms with E-state index in [-0.39, 0.29) is 17.4 Å². The largest absolute Gasteiger partial charge is 0.462 e. The molecule has 0 saturated carbocycles. The molecule has 2 N–H and O–H groups in total. The summed E-state index contributed by atoms with van der Waals surface area (Å²) >= 11 is 9.23. The fraction of sp³-hybridized carbons (Fsp3) is 0.450. The Bertz CT molecular complexity index is 742. The van der Waals surface area contributed by atoms with Crippen molar-refractivity contribution in [3.05, 3.63) is 35.4 Å². The van der Waals surface area contributed by atoms with Crippen molar-refractivity contribution in [3.63, 3.8) is 0 Å². The summed E-state index contributed by atoms with van der Waals surface area (Å²) in [5.41, 5.74) is 1.40. The van der Waals surface area contributed by atoms with Gasteiger partial charge in [-0.2, -0.15) is 5.10 Å². The van der Waals surface area contributed by atoms with Gasteiger partial charge >= 0.3 is 0 Å². The van der Waals surface area contributed by atoms with Crippen molar-refractivity contribution < 1.29 is 14.3 Å². The Kier molecular flexibility index (Phi) is 10.2. The second-order valence-electron chi connectivity index (χ2n) is 7.22. The van der Waals surface area contributed by atoms with Crippen LogP contribution in [0.15, 0.2) is 30.3 Å². The van der Waals surface area contributed by atoms with Crippen LogP contribution in [-0.2, 0) is 14.3 Å². The number of ether oxygens (including phenoxy) is 1. The third-order valence-corrected chi connectivity index (χ3v) is 4.41. The SMILES string of the molecule is CC(C)(C)OC=O.CC(CCCBr)C(=O)Nc1cc(-c2ccc(Cl)cc2)n[nH]1. The second-order valence-corrected chi connectivity index (χ2v) is 8.45. The molecule has 0 aliphatic carbocycles. The van der Waals surface area contributed by atoms with Crippen LogP contribution in [0.25, 0.3) is 11.3 Å². The van der Waals surface area contributed by atoms with Crippen molar-refractivity contribution in [1.29, 1.82) is 0 Å². The van der Waals surface area contributed by atoms with Gasteiger partial charge in [-0.1, -0.05) is 46.6 Å². The van der Waals surface area contributed by atoms with Crippen LogP contribution >= 0.6 is 27.5 Å². The van der Waals surface area contributed by atoms with Crippen LogP contribution in [0.3, 0.4) is 0 Å². The molecule has 2 rings (SSSR count). The van der Waals surface area contributed by atoms with Gasteiger partial charge in [0, 0.05) is 27.9 Å². The molecule has 2 aromatic rings. The molecule has 28 heavy (non-hydrogen) atoms. The Morgan fingerprint density at radius 2 is 2.00 bits per heavy atom. The van der Waals surface area contributed by atoms with Gasteiger partial charge in [0.05, 0.1) is 5.69 Å². The van der Waals surface area contributed by atoms with Crippen LogP contribution in [0, 0.1) is 5.92 Å². The second kappa shape index (κ2) is 11.9. The monoisotopic (exact) mass is 471 g/mol. The van der Waals surface area contributed by atoms with Gasteiger partial charge in [-0.15, -0.1) is 0 Å². The molecule has 0 fully saturated rings. The first-order valence-electron chi connectivity index (χ1n) is 8.96. The van der Waals surface area contributed by atoms with Crippen LogP contribution in [-0.4, -0.2) is 33.5 Å². The van der Waals surface area contributed by atoms with Gasteiger partial charge in [-0.05, 0) is 45.7 Å². The Morgan fingerprint density at radius 3 is 2.50 bits per heavy atom. The summed E-state index contributed by atoms with van der Waals surface area (Å²) in [7, 11) is 0. The number of benzene rings is 1. The number of rotatable bonds is 7. The molecule has 8 heteroatoms. The third kappa shape index (κ3) is 9.37. The number of amides is 1. The zero-order valence-electron chi connectivity index (χ0n) is 16.6. The van der Waals surface area contributed by atoms with Crippen molar-refractivity contribution in [3.8, 4) is 11.3 Å². The van der Waals surface area contributed by atoms with Gasteiger partial charge in [0.2, 0.25) is 5.91 Å². The maximum absolute atomic E-state index is 12.0. The molecule has 1 atom stereocenters. The number of carbonyl (C=O) groups is 2. The lowest BCUT2D eigenvalue weighted by Gasteiger charge is -2.14. The summed E-state index contributed by atoms with van der Waals surface area (Å²) in [6.45, 7) is 7.85. The third-order valence-electron chi connectivity index (χ3n) is 3.60. The standard InChI is InChI=1S/C15H17BrClN3O.C5H10O2/c1-10(3-2-8-16)15(21)18-14-9-13(19-20-14)11-4-6-12(17)7-5-11;1-5(2,3)7-4-6/h4-7,9-10H,2-3,8H2,1H3,(H2,18,19,20,21);4H,1-3H3. The van der Waals surface area contributed by atoms with Crippen LogP contribution in [0.5, 0.6) is 0 Å². The summed E-state index contributed by atoms with van der Waals surface area (Å²) in [6, 6.07) is 9.22. The summed E-state index contributed by atoms with van der Waals surface area (Å²) in [6.07, 6.45) is 1.84. The highest BCUT2D eigenvalue weighted by atomic mass is 79.9. The molecule has 0 bridgehead atoms. The van der Waals surface area contributed by atoms with Crippen molar-refractivity contribution in [2.75, 3.05) is 10.6 Å². The predicted molar refractivity (Wildman–Crippen MR) is 117 cm³/mol. The Balaban J connectivity index is 0.000000480. The molecular weight excluding hydrogens is 446 g/mol. The topological polar surface area (TPSA) is 84.1 Å². The molecule has 1 aromatic heterocycles. The van der Waals surface area contributed by atoms with E-state index in [9.17, 15) is 9.59 Å². The zero-order valence-corrected chi connectivity index (χ0v) is 18.9. The molecule has 0 spiro atoms.